The summed E-state index contributed by atoms with van der Waals surface area (Å²) in [6, 6.07) is 18.5. The maximum Gasteiger partial charge on any atom is 0.321 e. The number of anilines is 1. The minimum absolute atomic E-state index is 0.129. The van der Waals surface area contributed by atoms with E-state index in [2.05, 4.69) is 5.32 Å². The number of hydrogen-bond acceptors (Lipinski definition) is 2. The number of fused-ring (bicyclic) bond motifs is 1. The normalized spacial score (nSPS) is 14.5. The molecule has 3 aromatic rings. The molecule has 3 aromatic carbocycles. The molecule has 0 bridgehead atoms. The van der Waals surface area contributed by atoms with Crippen LogP contribution in [0.4, 0.5) is 10.5 Å². The Bertz CT molecular complexity index is 1080. The number of halogens is 2. The van der Waals surface area contributed by atoms with Crippen molar-refractivity contribution in [1.29, 1.82) is 0 Å². The van der Waals surface area contributed by atoms with Crippen LogP contribution in [0.2, 0.25) is 10.0 Å². The van der Waals surface area contributed by atoms with Crippen LogP contribution in [-0.4, -0.2) is 47.9 Å². The Morgan fingerprint density at radius 1 is 0.767 bits per heavy atom. The molecular weight excluding hydrogens is 421 g/mol. The Balaban J connectivity index is 1.40. The predicted molar refractivity (Wildman–Crippen MR) is 122 cm³/mol. The van der Waals surface area contributed by atoms with E-state index in [1.54, 1.807) is 28.0 Å². The molecule has 0 saturated carbocycles. The fraction of sp³-hybridized carbons (Fsp3) is 0.217. The van der Waals surface area contributed by atoms with Crippen molar-refractivity contribution >= 4 is 51.6 Å². The van der Waals surface area contributed by atoms with Gasteiger partial charge in [-0.05, 0) is 47.5 Å². The van der Waals surface area contributed by atoms with E-state index in [4.69, 9.17) is 23.2 Å². The molecule has 7 heteroatoms. The van der Waals surface area contributed by atoms with Gasteiger partial charge in [0, 0.05) is 47.5 Å². The van der Waals surface area contributed by atoms with Gasteiger partial charge in [0.05, 0.1) is 0 Å². The van der Waals surface area contributed by atoms with Gasteiger partial charge in [-0.15, -0.1) is 0 Å². The minimum atomic E-state index is -0.162. The number of carbonyl (C=O) groups excluding carboxylic acids is 2. The van der Waals surface area contributed by atoms with E-state index in [-0.39, 0.29) is 11.9 Å². The Kier molecular flexibility index (Phi) is 6.11. The first-order valence-electron chi connectivity index (χ1n) is 9.80. The molecule has 1 aliphatic rings. The van der Waals surface area contributed by atoms with Crippen LogP contribution in [0.1, 0.15) is 16.8 Å². The van der Waals surface area contributed by atoms with Crippen molar-refractivity contribution < 1.29 is 9.59 Å². The van der Waals surface area contributed by atoms with E-state index in [0.717, 1.165) is 16.5 Å². The van der Waals surface area contributed by atoms with Crippen molar-refractivity contribution in [3.8, 4) is 0 Å². The molecule has 3 amide bonds. The summed E-state index contributed by atoms with van der Waals surface area (Å²) in [6.45, 7) is 2.07. The molecule has 154 valence electrons. The van der Waals surface area contributed by atoms with Crippen LogP contribution in [0.3, 0.4) is 0 Å². The highest BCUT2D eigenvalue weighted by Crippen LogP contribution is 2.22. The number of amides is 3. The molecule has 1 fully saturated rings. The first-order valence-corrected chi connectivity index (χ1v) is 10.6. The second-order valence-electron chi connectivity index (χ2n) is 7.28. The summed E-state index contributed by atoms with van der Waals surface area (Å²) in [5.74, 6) is -0.129. The molecule has 0 aromatic heterocycles. The topological polar surface area (TPSA) is 52.7 Å². The Morgan fingerprint density at radius 3 is 2.20 bits per heavy atom. The fourth-order valence-corrected chi connectivity index (χ4v) is 4.18. The van der Waals surface area contributed by atoms with Crippen LogP contribution in [0.5, 0.6) is 0 Å². The van der Waals surface area contributed by atoms with Gasteiger partial charge >= 0.3 is 6.03 Å². The molecule has 0 aliphatic carbocycles. The van der Waals surface area contributed by atoms with Gasteiger partial charge in [0.15, 0.2) is 0 Å². The molecule has 1 N–H and O–H groups in total. The zero-order chi connectivity index (χ0) is 21.1. The van der Waals surface area contributed by atoms with E-state index < -0.39 is 0 Å². The lowest BCUT2D eigenvalue weighted by Crippen LogP contribution is -2.39. The molecule has 4 rings (SSSR count). The van der Waals surface area contributed by atoms with Gasteiger partial charge in [-0.1, -0.05) is 53.5 Å². The van der Waals surface area contributed by atoms with E-state index in [0.29, 0.717) is 48.2 Å². The predicted octanol–water partition coefficient (Wildman–Crippen LogP) is 5.53. The standard InChI is InChI=1S/C23H21Cl2N3O2/c24-19-12-18(13-20(25)15-19)22(29)27-8-3-9-28(11-10-27)23(30)26-21-7-6-16-4-1-2-5-17(16)14-21/h1-2,4-7,12-15H,3,8-11H2,(H,26,30). The van der Waals surface area contributed by atoms with Crippen LogP contribution in [0.15, 0.2) is 60.7 Å². The SMILES string of the molecule is O=C(Nc1ccc2ccccc2c1)N1CCCN(C(=O)c2cc(Cl)cc(Cl)c2)CC1. The van der Waals surface area contributed by atoms with Crippen molar-refractivity contribution in [2.24, 2.45) is 0 Å². The average Bonchev–Trinajstić information content (AvgIpc) is 2.99. The molecule has 0 unspecified atom stereocenters. The van der Waals surface area contributed by atoms with Gasteiger partial charge in [-0.3, -0.25) is 4.79 Å². The molecule has 5 nitrogen and oxygen atoms in total. The Labute approximate surface area is 185 Å². The molecule has 1 saturated heterocycles. The smallest absolute Gasteiger partial charge is 0.321 e. The van der Waals surface area contributed by atoms with Gasteiger partial charge in [0.2, 0.25) is 0 Å². The maximum atomic E-state index is 12.8. The summed E-state index contributed by atoms with van der Waals surface area (Å²) in [5, 5.41) is 6.02. The first-order chi connectivity index (χ1) is 14.5. The van der Waals surface area contributed by atoms with Crippen molar-refractivity contribution in [3.05, 3.63) is 76.3 Å². The molecule has 0 atom stereocenters. The molecule has 0 spiro atoms. The highest BCUT2D eigenvalue weighted by molar-refractivity contribution is 6.35. The number of benzene rings is 3. The molecular formula is C23H21Cl2N3O2. The quantitative estimate of drug-likeness (QED) is 0.568. The van der Waals surface area contributed by atoms with Crippen molar-refractivity contribution in [2.75, 3.05) is 31.5 Å². The number of urea groups is 1. The van der Waals surface area contributed by atoms with Crippen LogP contribution in [0.25, 0.3) is 10.8 Å². The van der Waals surface area contributed by atoms with E-state index in [1.807, 2.05) is 42.5 Å². The monoisotopic (exact) mass is 441 g/mol. The summed E-state index contributed by atoms with van der Waals surface area (Å²) >= 11 is 12.1. The van der Waals surface area contributed by atoms with Gasteiger partial charge in [-0.2, -0.15) is 0 Å². The third kappa shape index (κ3) is 4.69. The van der Waals surface area contributed by atoms with Crippen molar-refractivity contribution in [1.82, 2.24) is 9.80 Å². The van der Waals surface area contributed by atoms with Gasteiger partial charge in [0.1, 0.15) is 0 Å². The van der Waals surface area contributed by atoms with Crippen molar-refractivity contribution in [3.63, 3.8) is 0 Å². The number of rotatable bonds is 2. The molecule has 0 radical (unpaired) electrons. The van der Waals surface area contributed by atoms with Crippen LogP contribution < -0.4 is 5.32 Å². The molecule has 30 heavy (non-hydrogen) atoms. The van der Waals surface area contributed by atoms with E-state index in [9.17, 15) is 9.59 Å². The van der Waals surface area contributed by atoms with E-state index in [1.165, 1.54) is 0 Å². The van der Waals surface area contributed by atoms with Gasteiger partial charge < -0.3 is 15.1 Å². The van der Waals surface area contributed by atoms with Crippen LogP contribution in [-0.2, 0) is 0 Å². The van der Waals surface area contributed by atoms with Gasteiger partial charge in [0.25, 0.3) is 5.91 Å². The largest absolute Gasteiger partial charge is 0.337 e. The second-order valence-corrected chi connectivity index (χ2v) is 8.16. The highest BCUT2D eigenvalue weighted by atomic mass is 35.5. The summed E-state index contributed by atoms with van der Waals surface area (Å²) in [4.78, 5) is 29.1. The summed E-state index contributed by atoms with van der Waals surface area (Å²) in [6.07, 6.45) is 0.700. The fourth-order valence-electron chi connectivity index (χ4n) is 3.65. The van der Waals surface area contributed by atoms with Gasteiger partial charge in [-0.25, -0.2) is 4.79 Å². The number of hydrogen-bond donors (Lipinski definition) is 1. The van der Waals surface area contributed by atoms with E-state index >= 15 is 0 Å². The van der Waals surface area contributed by atoms with Crippen LogP contribution >= 0.6 is 23.2 Å². The van der Waals surface area contributed by atoms with Crippen LogP contribution in [0, 0.1) is 0 Å². The third-order valence-electron chi connectivity index (χ3n) is 5.18. The maximum absolute atomic E-state index is 12.8. The second kappa shape index (κ2) is 8.94. The minimum Gasteiger partial charge on any atom is -0.337 e. The Hall–Kier alpha value is -2.76. The lowest BCUT2D eigenvalue weighted by Gasteiger charge is -2.23. The molecule has 1 heterocycles. The Morgan fingerprint density at radius 2 is 1.43 bits per heavy atom. The summed E-state index contributed by atoms with van der Waals surface area (Å²) in [7, 11) is 0. The average molecular weight is 442 g/mol. The summed E-state index contributed by atoms with van der Waals surface area (Å²) < 4.78 is 0. The zero-order valence-corrected chi connectivity index (χ0v) is 17.8. The summed E-state index contributed by atoms with van der Waals surface area (Å²) in [5.41, 5.74) is 1.21. The van der Waals surface area contributed by atoms with Crippen molar-refractivity contribution in [2.45, 2.75) is 6.42 Å². The molecule has 1 aliphatic heterocycles. The third-order valence-corrected chi connectivity index (χ3v) is 5.62. The lowest BCUT2D eigenvalue weighted by molar-refractivity contribution is 0.0762. The lowest BCUT2D eigenvalue weighted by atomic mass is 10.1. The zero-order valence-electron chi connectivity index (χ0n) is 16.3. The number of nitrogens with zero attached hydrogens (tertiary/aromatic N) is 2. The number of nitrogens with one attached hydrogen (secondary N) is 1. The highest BCUT2D eigenvalue weighted by Gasteiger charge is 2.23. The number of carbonyl (C=O) groups is 2. The first kappa shape index (κ1) is 20.5.